The van der Waals surface area contributed by atoms with Gasteiger partial charge in [0, 0.05) is 12.3 Å². The molecule has 1 aromatic carbocycles. The molecule has 0 bridgehead atoms. The number of benzene rings is 1. The van der Waals surface area contributed by atoms with Gasteiger partial charge in [0.05, 0.1) is 11.5 Å². The van der Waals surface area contributed by atoms with Crippen LogP contribution in [0.25, 0.3) is 11.2 Å². The first-order valence-electron chi connectivity index (χ1n) is 6.03. The second kappa shape index (κ2) is 4.75. The van der Waals surface area contributed by atoms with Crippen molar-refractivity contribution in [3.8, 4) is 0 Å². The summed E-state index contributed by atoms with van der Waals surface area (Å²) in [4.78, 5) is 26.2. The first-order valence-corrected chi connectivity index (χ1v) is 6.03. The lowest BCUT2D eigenvalue weighted by Gasteiger charge is -2.03. The van der Waals surface area contributed by atoms with Gasteiger partial charge in [0.2, 0.25) is 0 Å². The van der Waals surface area contributed by atoms with Gasteiger partial charge in [-0.05, 0) is 23.8 Å². The number of nitrogen functional groups attached to an aromatic ring is 1. The number of nitro benzene ring substituents is 1. The van der Waals surface area contributed by atoms with E-state index in [1.54, 1.807) is 24.4 Å². The predicted molar refractivity (Wildman–Crippen MR) is 74.9 cm³/mol. The molecule has 2 heterocycles. The molecule has 3 aromatic rings. The summed E-state index contributed by atoms with van der Waals surface area (Å²) in [7, 11) is 0. The molecular formula is C13H10N4O4. The first-order chi connectivity index (χ1) is 10.1. The Morgan fingerprint density at radius 3 is 2.95 bits per heavy atom. The van der Waals surface area contributed by atoms with Gasteiger partial charge in [0.25, 0.3) is 5.69 Å². The van der Waals surface area contributed by atoms with Crippen molar-refractivity contribution < 1.29 is 9.34 Å². The lowest BCUT2D eigenvalue weighted by Crippen LogP contribution is -2.15. The number of aromatic nitrogens is 2. The van der Waals surface area contributed by atoms with Crippen LogP contribution < -0.4 is 11.5 Å². The molecule has 2 N–H and O–H groups in total. The first kappa shape index (κ1) is 12.9. The number of hydrogen-bond donors (Lipinski definition) is 1. The summed E-state index contributed by atoms with van der Waals surface area (Å²) in [5.41, 5.74) is 6.75. The Bertz CT molecular complexity index is 897. The van der Waals surface area contributed by atoms with Gasteiger partial charge in [-0.25, -0.2) is 9.78 Å². The molecule has 0 spiro atoms. The number of fused-ring (bicyclic) bond motifs is 1. The van der Waals surface area contributed by atoms with E-state index in [1.165, 1.54) is 16.7 Å². The molecule has 0 aliphatic heterocycles. The monoisotopic (exact) mass is 286 g/mol. The highest BCUT2D eigenvalue weighted by Gasteiger charge is 2.15. The zero-order valence-electron chi connectivity index (χ0n) is 10.7. The summed E-state index contributed by atoms with van der Waals surface area (Å²) < 4.78 is 6.37. The predicted octanol–water partition coefficient (Wildman–Crippen LogP) is 1.53. The molecule has 0 unspecified atom stereocenters. The van der Waals surface area contributed by atoms with Crippen molar-refractivity contribution in [3.05, 3.63) is 62.8 Å². The van der Waals surface area contributed by atoms with Crippen LogP contribution >= 0.6 is 0 Å². The number of nitrogens with zero attached hydrogens (tertiary/aromatic N) is 3. The van der Waals surface area contributed by atoms with Gasteiger partial charge in [0.15, 0.2) is 11.2 Å². The van der Waals surface area contributed by atoms with Crippen molar-refractivity contribution in [1.82, 2.24) is 9.55 Å². The average Bonchev–Trinajstić information content (AvgIpc) is 2.77. The molecule has 0 radical (unpaired) electrons. The van der Waals surface area contributed by atoms with Crippen molar-refractivity contribution in [1.29, 1.82) is 0 Å². The van der Waals surface area contributed by atoms with E-state index >= 15 is 0 Å². The van der Waals surface area contributed by atoms with E-state index in [0.29, 0.717) is 16.8 Å². The zero-order valence-corrected chi connectivity index (χ0v) is 10.7. The lowest BCUT2D eigenvalue weighted by molar-refractivity contribution is -0.384. The largest absolute Gasteiger partial charge is 0.421 e. The SMILES string of the molecule is Nc1ccc(Cn2c(=O)oc3cccnc32)cc1[N+](=O)[O-]. The van der Waals surface area contributed by atoms with E-state index in [2.05, 4.69) is 4.98 Å². The molecule has 0 amide bonds. The third-order valence-electron chi connectivity index (χ3n) is 3.06. The Hall–Kier alpha value is -3.16. The minimum absolute atomic E-state index is 0.0753. The third-order valence-corrected chi connectivity index (χ3v) is 3.06. The quantitative estimate of drug-likeness (QED) is 0.443. The van der Waals surface area contributed by atoms with E-state index in [1.807, 2.05) is 0 Å². The minimum atomic E-state index is -0.567. The second-order valence-corrected chi connectivity index (χ2v) is 4.43. The Balaban J connectivity index is 2.07. The molecule has 3 rings (SSSR count). The fourth-order valence-corrected chi connectivity index (χ4v) is 2.07. The molecule has 8 heteroatoms. The maximum absolute atomic E-state index is 11.8. The molecule has 2 aromatic heterocycles. The van der Waals surface area contributed by atoms with Crippen LogP contribution in [0, 0.1) is 10.1 Å². The summed E-state index contributed by atoms with van der Waals surface area (Å²) in [6.07, 6.45) is 1.54. The maximum atomic E-state index is 11.8. The molecule has 106 valence electrons. The van der Waals surface area contributed by atoms with E-state index in [-0.39, 0.29) is 17.9 Å². The normalized spacial score (nSPS) is 10.9. The highest BCUT2D eigenvalue weighted by atomic mass is 16.6. The number of nitrogens with two attached hydrogens (primary N) is 1. The van der Waals surface area contributed by atoms with Crippen LogP contribution in [0.1, 0.15) is 5.56 Å². The molecule has 0 saturated carbocycles. The molecule has 0 fully saturated rings. The molecule has 0 aliphatic carbocycles. The van der Waals surface area contributed by atoms with E-state index < -0.39 is 10.7 Å². The number of rotatable bonds is 3. The highest BCUT2D eigenvalue weighted by Crippen LogP contribution is 2.23. The number of oxazole rings is 1. The number of nitro groups is 1. The molecular weight excluding hydrogens is 276 g/mol. The van der Waals surface area contributed by atoms with Crippen LogP contribution in [0.15, 0.2) is 45.7 Å². The van der Waals surface area contributed by atoms with Gasteiger partial charge >= 0.3 is 5.76 Å². The van der Waals surface area contributed by atoms with Crippen LogP contribution in [0.5, 0.6) is 0 Å². The summed E-state index contributed by atoms with van der Waals surface area (Å²) in [5, 5.41) is 10.9. The molecule has 8 nitrogen and oxygen atoms in total. The van der Waals surface area contributed by atoms with E-state index in [0.717, 1.165) is 0 Å². The lowest BCUT2D eigenvalue weighted by atomic mass is 10.1. The third kappa shape index (κ3) is 2.22. The van der Waals surface area contributed by atoms with E-state index in [4.69, 9.17) is 10.2 Å². The highest BCUT2D eigenvalue weighted by molar-refractivity contribution is 5.67. The Morgan fingerprint density at radius 1 is 1.38 bits per heavy atom. The van der Waals surface area contributed by atoms with Crippen molar-refractivity contribution in [2.75, 3.05) is 5.73 Å². The van der Waals surface area contributed by atoms with E-state index in [9.17, 15) is 14.9 Å². The average molecular weight is 286 g/mol. The Morgan fingerprint density at radius 2 is 2.19 bits per heavy atom. The number of pyridine rings is 1. The van der Waals surface area contributed by atoms with Crippen molar-refractivity contribution >= 4 is 22.6 Å². The van der Waals surface area contributed by atoms with Gasteiger partial charge in [-0.1, -0.05) is 6.07 Å². The zero-order chi connectivity index (χ0) is 15.0. The minimum Gasteiger partial charge on any atom is -0.406 e. The van der Waals surface area contributed by atoms with Crippen molar-refractivity contribution in [2.45, 2.75) is 6.54 Å². The van der Waals surface area contributed by atoms with Crippen LogP contribution in [0.2, 0.25) is 0 Å². The molecule has 21 heavy (non-hydrogen) atoms. The maximum Gasteiger partial charge on any atom is 0.421 e. The summed E-state index contributed by atoms with van der Waals surface area (Å²) in [6, 6.07) is 7.68. The van der Waals surface area contributed by atoms with Gasteiger partial charge < -0.3 is 10.2 Å². The van der Waals surface area contributed by atoms with Gasteiger partial charge in [-0.2, -0.15) is 0 Å². The Labute approximate surface area is 117 Å². The molecule has 0 saturated heterocycles. The Kier molecular flexibility index (Phi) is 2.90. The fraction of sp³-hybridized carbons (Fsp3) is 0.0769. The smallest absolute Gasteiger partial charge is 0.406 e. The second-order valence-electron chi connectivity index (χ2n) is 4.43. The van der Waals surface area contributed by atoms with Crippen LogP contribution in [0.3, 0.4) is 0 Å². The van der Waals surface area contributed by atoms with Gasteiger partial charge in [-0.15, -0.1) is 0 Å². The summed E-state index contributed by atoms with van der Waals surface area (Å²) >= 11 is 0. The van der Waals surface area contributed by atoms with Crippen molar-refractivity contribution in [3.63, 3.8) is 0 Å². The van der Waals surface area contributed by atoms with Crippen LogP contribution in [-0.2, 0) is 6.54 Å². The number of hydrogen-bond acceptors (Lipinski definition) is 6. The summed E-state index contributed by atoms with van der Waals surface area (Å²) in [5.74, 6) is -0.567. The van der Waals surface area contributed by atoms with Crippen molar-refractivity contribution in [2.24, 2.45) is 0 Å². The standard InChI is InChI=1S/C13H10N4O4/c14-9-4-3-8(6-10(9)17(19)20)7-16-12-11(21-13(16)18)2-1-5-15-12/h1-6H,7,14H2. The molecule has 0 atom stereocenters. The van der Waals surface area contributed by atoms with Crippen LogP contribution in [-0.4, -0.2) is 14.5 Å². The topological polar surface area (TPSA) is 117 Å². The summed E-state index contributed by atoms with van der Waals surface area (Å²) in [6.45, 7) is 0.115. The van der Waals surface area contributed by atoms with Crippen LogP contribution in [0.4, 0.5) is 11.4 Å². The fourth-order valence-electron chi connectivity index (χ4n) is 2.07. The van der Waals surface area contributed by atoms with Gasteiger partial charge in [0.1, 0.15) is 5.69 Å². The van der Waals surface area contributed by atoms with Gasteiger partial charge in [-0.3, -0.25) is 14.7 Å². The number of anilines is 1. The molecule has 0 aliphatic rings.